The topological polar surface area (TPSA) is 223 Å². The first-order valence-electron chi connectivity index (χ1n) is 11.5. The fraction of sp³-hybridized carbons (Fsp3) is 0.810. The van der Waals surface area contributed by atoms with Crippen molar-refractivity contribution in [3.8, 4) is 0 Å². The number of aliphatic hydroxyl groups excluding tert-OH is 1. The summed E-state index contributed by atoms with van der Waals surface area (Å²) in [6.07, 6.45) is 3.32. The van der Waals surface area contributed by atoms with E-state index >= 15 is 0 Å². The van der Waals surface area contributed by atoms with Crippen LogP contribution in [-0.2, 0) is 19.2 Å². The van der Waals surface area contributed by atoms with Gasteiger partial charge in [-0.15, -0.1) is 0 Å². The molecule has 0 aromatic carbocycles. The smallest absolute Gasteiger partial charge is 0.326 e. The Labute approximate surface area is 195 Å². The number of nitrogens with two attached hydrogens (primary N) is 3. The number of unbranched alkanes of at least 4 members (excludes halogenated alkanes) is 2. The first kappa shape index (κ1) is 30.7. The molecule has 3 amide bonds. The maximum absolute atomic E-state index is 12.8. The molecule has 0 rings (SSSR count). The lowest BCUT2D eigenvalue weighted by Crippen LogP contribution is -2.58. The molecule has 0 spiro atoms. The third-order valence-electron chi connectivity index (χ3n) is 5.02. The standard InChI is InChI=1S/C21H42N6O6/c1-13(2)11-16(19(30)25-15(21(32)33)8-4-6-10-23)26-20(31)17(12-28)27-18(29)14(24)7-3-5-9-22/h13-17,28H,3-12,22-24H2,1-2H3,(H,25,30)(H,26,31)(H,27,29)(H,32,33). The summed E-state index contributed by atoms with van der Waals surface area (Å²) >= 11 is 0. The molecule has 4 atom stereocenters. The average Bonchev–Trinajstić information content (AvgIpc) is 2.75. The monoisotopic (exact) mass is 474 g/mol. The summed E-state index contributed by atoms with van der Waals surface area (Å²) in [6.45, 7) is 3.88. The Bertz CT molecular complexity index is 618. The number of hydrogen-bond acceptors (Lipinski definition) is 8. The first-order chi connectivity index (χ1) is 15.6. The average molecular weight is 475 g/mol. The van der Waals surface area contributed by atoms with Crippen LogP contribution in [0.5, 0.6) is 0 Å². The number of carbonyl (C=O) groups excluding carboxylic acids is 3. The number of aliphatic carboxylic acids is 1. The summed E-state index contributed by atoms with van der Waals surface area (Å²) in [5, 5.41) is 26.3. The highest BCUT2D eigenvalue weighted by molar-refractivity contribution is 5.94. The maximum Gasteiger partial charge on any atom is 0.326 e. The number of rotatable bonds is 18. The molecule has 11 N–H and O–H groups in total. The van der Waals surface area contributed by atoms with Gasteiger partial charge in [0.25, 0.3) is 0 Å². The van der Waals surface area contributed by atoms with E-state index in [1.54, 1.807) is 0 Å². The zero-order valence-corrected chi connectivity index (χ0v) is 19.7. The van der Waals surface area contributed by atoms with Crippen molar-refractivity contribution in [1.82, 2.24) is 16.0 Å². The van der Waals surface area contributed by atoms with E-state index in [1.165, 1.54) is 0 Å². The molecular weight excluding hydrogens is 432 g/mol. The maximum atomic E-state index is 12.8. The number of nitrogens with one attached hydrogen (secondary N) is 3. The normalized spacial score (nSPS) is 14.8. The minimum atomic E-state index is -1.31. The molecule has 0 aliphatic carbocycles. The number of hydrogen-bond donors (Lipinski definition) is 8. The van der Waals surface area contributed by atoms with E-state index in [0.717, 1.165) is 0 Å². The molecule has 0 aliphatic rings. The lowest BCUT2D eigenvalue weighted by atomic mass is 10.0. The fourth-order valence-corrected chi connectivity index (χ4v) is 3.11. The number of carboxylic acid groups (broad SMARTS) is 1. The third-order valence-corrected chi connectivity index (χ3v) is 5.02. The van der Waals surface area contributed by atoms with Crippen molar-refractivity contribution < 1.29 is 29.4 Å². The molecule has 0 radical (unpaired) electrons. The zero-order chi connectivity index (χ0) is 25.4. The van der Waals surface area contributed by atoms with Crippen molar-refractivity contribution in [2.45, 2.75) is 83.0 Å². The van der Waals surface area contributed by atoms with E-state index < -0.39 is 54.5 Å². The molecule has 0 aromatic heterocycles. The second-order valence-electron chi connectivity index (χ2n) is 8.51. The van der Waals surface area contributed by atoms with Gasteiger partial charge < -0.3 is 43.4 Å². The highest BCUT2D eigenvalue weighted by atomic mass is 16.4. The quantitative estimate of drug-likeness (QED) is 0.104. The van der Waals surface area contributed by atoms with Crippen LogP contribution < -0.4 is 33.2 Å². The Morgan fingerprint density at radius 3 is 1.73 bits per heavy atom. The van der Waals surface area contributed by atoms with Gasteiger partial charge in [-0.25, -0.2) is 4.79 Å². The minimum Gasteiger partial charge on any atom is -0.480 e. The highest BCUT2D eigenvalue weighted by Gasteiger charge is 2.30. The van der Waals surface area contributed by atoms with Crippen molar-refractivity contribution >= 4 is 23.7 Å². The van der Waals surface area contributed by atoms with Crippen molar-refractivity contribution in [1.29, 1.82) is 0 Å². The Balaban J connectivity index is 5.13. The molecule has 12 heteroatoms. The molecule has 0 saturated heterocycles. The lowest BCUT2D eigenvalue weighted by Gasteiger charge is -2.25. The van der Waals surface area contributed by atoms with Gasteiger partial charge in [-0.2, -0.15) is 0 Å². The summed E-state index contributed by atoms with van der Waals surface area (Å²) in [5.74, 6) is -3.20. The molecule has 0 aromatic rings. The Morgan fingerprint density at radius 2 is 1.24 bits per heavy atom. The summed E-state index contributed by atoms with van der Waals surface area (Å²) in [6, 6.07) is -4.33. The number of carbonyl (C=O) groups is 4. The summed E-state index contributed by atoms with van der Waals surface area (Å²) in [5.41, 5.74) is 16.7. The van der Waals surface area contributed by atoms with Gasteiger partial charge in [0.2, 0.25) is 17.7 Å². The van der Waals surface area contributed by atoms with Gasteiger partial charge in [0.1, 0.15) is 18.1 Å². The minimum absolute atomic E-state index is 0.000275. The van der Waals surface area contributed by atoms with Crippen molar-refractivity contribution in [2.24, 2.45) is 23.1 Å². The van der Waals surface area contributed by atoms with Crippen molar-refractivity contribution in [3.05, 3.63) is 0 Å². The molecule has 192 valence electrons. The molecule has 0 heterocycles. The molecule has 0 saturated carbocycles. The largest absolute Gasteiger partial charge is 0.480 e. The van der Waals surface area contributed by atoms with Gasteiger partial charge in [0.15, 0.2) is 0 Å². The Kier molecular flexibility index (Phi) is 16.0. The van der Waals surface area contributed by atoms with Gasteiger partial charge in [-0.05, 0) is 57.5 Å². The highest BCUT2D eigenvalue weighted by Crippen LogP contribution is 2.08. The van der Waals surface area contributed by atoms with Crippen molar-refractivity contribution in [2.75, 3.05) is 19.7 Å². The van der Waals surface area contributed by atoms with Gasteiger partial charge >= 0.3 is 5.97 Å². The fourth-order valence-electron chi connectivity index (χ4n) is 3.11. The van der Waals surface area contributed by atoms with E-state index in [4.69, 9.17) is 17.2 Å². The first-order valence-corrected chi connectivity index (χ1v) is 11.5. The van der Waals surface area contributed by atoms with Crippen molar-refractivity contribution in [3.63, 3.8) is 0 Å². The summed E-state index contributed by atoms with van der Waals surface area (Å²) in [4.78, 5) is 49.2. The van der Waals surface area contributed by atoms with Gasteiger partial charge in [-0.1, -0.05) is 20.3 Å². The SMILES string of the molecule is CC(C)CC(NC(=O)C(CO)NC(=O)C(N)CCCCN)C(=O)NC(CCCCN)C(=O)O. The third kappa shape index (κ3) is 13.1. The Morgan fingerprint density at radius 1 is 0.758 bits per heavy atom. The van der Waals surface area contributed by atoms with Crippen LogP contribution in [0, 0.1) is 5.92 Å². The second kappa shape index (κ2) is 17.2. The van der Waals surface area contributed by atoms with Crippen LogP contribution in [0.25, 0.3) is 0 Å². The molecule has 0 aliphatic heterocycles. The van der Waals surface area contributed by atoms with E-state index in [9.17, 15) is 29.4 Å². The van der Waals surface area contributed by atoms with E-state index in [-0.39, 0.29) is 18.8 Å². The van der Waals surface area contributed by atoms with E-state index in [2.05, 4.69) is 16.0 Å². The lowest BCUT2D eigenvalue weighted by molar-refractivity contribution is -0.142. The molecule has 4 unspecified atom stereocenters. The number of amides is 3. The van der Waals surface area contributed by atoms with Gasteiger partial charge in [-0.3, -0.25) is 14.4 Å². The number of carboxylic acids is 1. The summed E-state index contributed by atoms with van der Waals surface area (Å²) < 4.78 is 0. The van der Waals surface area contributed by atoms with Gasteiger partial charge in [0.05, 0.1) is 12.6 Å². The van der Waals surface area contributed by atoms with Gasteiger partial charge in [0, 0.05) is 0 Å². The zero-order valence-electron chi connectivity index (χ0n) is 19.7. The predicted molar refractivity (Wildman–Crippen MR) is 124 cm³/mol. The molecule has 0 fully saturated rings. The summed E-state index contributed by atoms with van der Waals surface area (Å²) in [7, 11) is 0. The van der Waals surface area contributed by atoms with E-state index in [1.807, 2.05) is 13.8 Å². The number of aliphatic hydroxyl groups is 1. The van der Waals surface area contributed by atoms with Crippen LogP contribution in [-0.4, -0.2) is 77.8 Å². The molecule has 33 heavy (non-hydrogen) atoms. The van der Waals surface area contributed by atoms with Crippen LogP contribution in [0.3, 0.4) is 0 Å². The second-order valence-corrected chi connectivity index (χ2v) is 8.51. The van der Waals surface area contributed by atoms with Crippen LogP contribution >= 0.6 is 0 Å². The molecule has 12 nitrogen and oxygen atoms in total. The van der Waals surface area contributed by atoms with E-state index in [0.29, 0.717) is 45.2 Å². The van der Waals surface area contributed by atoms with Crippen LogP contribution in [0.15, 0.2) is 0 Å². The Hall–Kier alpha value is -2.28. The van der Waals surface area contributed by atoms with Crippen LogP contribution in [0.4, 0.5) is 0 Å². The molecule has 0 bridgehead atoms. The predicted octanol–water partition coefficient (Wildman–Crippen LogP) is -1.85. The molecular formula is C21H42N6O6. The van der Waals surface area contributed by atoms with Crippen LogP contribution in [0.2, 0.25) is 0 Å². The van der Waals surface area contributed by atoms with Crippen LogP contribution in [0.1, 0.15) is 58.8 Å².